The van der Waals surface area contributed by atoms with Crippen LogP contribution in [0.25, 0.3) is 0 Å². The molecule has 0 aliphatic carbocycles. The lowest BCUT2D eigenvalue weighted by Gasteiger charge is -2.27. The van der Waals surface area contributed by atoms with Gasteiger partial charge in [-0.05, 0) is 31.9 Å². The van der Waals surface area contributed by atoms with Gasteiger partial charge in [0.15, 0.2) is 5.84 Å². The summed E-state index contributed by atoms with van der Waals surface area (Å²) in [4.78, 5) is 2.28. The van der Waals surface area contributed by atoms with Crippen molar-refractivity contribution in [1.82, 2.24) is 0 Å². The Morgan fingerprint density at radius 3 is 2.67 bits per heavy atom. The molecule has 0 fully saturated rings. The Morgan fingerprint density at radius 1 is 1.39 bits per heavy atom. The molecule has 0 bridgehead atoms. The van der Waals surface area contributed by atoms with Crippen LogP contribution in [0.4, 0.5) is 5.69 Å². The van der Waals surface area contributed by atoms with Gasteiger partial charge in [0.25, 0.3) is 0 Å². The Morgan fingerprint density at radius 2 is 2.11 bits per heavy atom. The zero-order valence-corrected chi connectivity index (χ0v) is 11.5. The highest BCUT2D eigenvalue weighted by molar-refractivity contribution is 6.02. The molecule has 0 aliphatic heterocycles. The van der Waals surface area contributed by atoms with Crippen molar-refractivity contribution in [3.05, 3.63) is 29.3 Å². The van der Waals surface area contributed by atoms with Crippen molar-refractivity contribution in [2.45, 2.75) is 33.6 Å². The molecule has 3 N–H and O–H groups in total. The summed E-state index contributed by atoms with van der Waals surface area (Å²) in [6, 6.07) is 5.88. The zero-order valence-electron chi connectivity index (χ0n) is 11.5. The van der Waals surface area contributed by atoms with E-state index in [1.165, 1.54) is 0 Å². The molecule has 0 unspecified atom stereocenters. The third-order valence-electron chi connectivity index (χ3n) is 3.10. The SMILES string of the molecule is CCCCN(CC)c1c(C)cccc1/C(N)=N/O. The van der Waals surface area contributed by atoms with E-state index in [9.17, 15) is 0 Å². The largest absolute Gasteiger partial charge is 0.409 e. The van der Waals surface area contributed by atoms with Crippen LogP contribution in [-0.4, -0.2) is 24.1 Å². The molecule has 18 heavy (non-hydrogen) atoms. The quantitative estimate of drug-likeness (QED) is 0.353. The first kappa shape index (κ1) is 14.4. The lowest BCUT2D eigenvalue weighted by atomic mass is 10.1. The van der Waals surface area contributed by atoms with Crippen molar-refractivity contribution in [3.63, 3.8) is 0 Å². The second-order valence-corrected chi connectivity index (χ2v) is 4.39. The summed E-state index contributed by atoms with van der Waals surface area (Å²) < 4.78 is 0. The molecule has 0 radical (unpaired) electrons. The van der Waals surface area contributed by atoms with Gasteiger partial charge in [0.1, 0.15) is 0 Å². The van der Waals surface area contributed by atoms with Crippen molar-refractivity contribution in [1.29, 1.82) is 0 Å². The van der Waals surface area contributed by atoms with Crippen LogP contribution in [0.5, 0.6) is 0 Å². The summed E-state index contributed by atoms with van der Waals surface area (Å²) in [7, 11) is 0. The van der Waals surface area contributed by atoms with Crippen molar-refractivity contribution in [2.24, 2.45) is 10.9 Å². The van der Waals surface area contributed by atoms with E-state index in [1.54, 1.807) is 0 Å². The van der Waals surface area contributed by atoms with E-state index >= 15 is 0 Å². The molecule has 4 nitrogen and oxygen atoms in total. The Bertz CT molecular complexity index is 416. The van der Waals surface area contributed by atoms with Gasteiger partial charge in [-0.3, -0.25) is 0 Å². The van der Waals surface area contributed by atoms with Crippen molar-refractivity contribution in [2.75, 3.05) is 18.0 Å². The number of unbranched alkanes of at least 4 members (excludes halogenated alkanes) is 1. The fraction of sp³-hybridized carbons (Fsp3) is 0.500. The number of hydrogen-bond donors (Lipinski definition) is 2. The van der Waals surface area contributed by atoms with Crippen molar-refractivity contribution < 1.29 is 5.21 Å². The summed E-state index contributed by atoms with van der Waals surface area (Å²) >= 11 is 0. The highest BCUT2D eigenvalue weighted by atomic mass is 16.4. The number of oxime groups is 1. The minimum absolute atomic E-state index is 0.170. The second-order valence-electron chi connectivity index (χ2n) is 4.39. The van der Waals surface area contributed by atoms with Crippen LogP contribution in [0, 0.1) is 6.92 Å². The Balaban J connectivity index is 3.18. The van der Waals surface area contributed by atoms with Crippen LogP contribution >= 0.6 is 0 Å². The van der Waals surface area contributed by atoms with E-state index in [1.807, 2.05) is 12.1 Å². The molecule has 100 valence electrons. The third-order valence-corrected chi connectivity index (χ3v) is 3.10. The first-order chi connectivity index (χ1) is 8.65. The number of anilines is 1. The molecule has 4 heteroatoms. The van der Waals surface area contributed by atoms with E-state index < -0.39 is 0 Å². The van der Waals surface area contributed by atoms with E-state index in [4.69, 9.17) is 10.9 Å². The fourth-order valence-corrected chi connectivity index (χ4v) is 2.12. The predicted octanol–water partition coefficient (Wildman–Crippen LogP) is 2.72. The van der Waals surface area contributed by atoms with E-state index in [0.29, 0.717) is 0 Å². The van der Waals surface area contributed by atoms with Gasteiger partial charge < -0.3 is 15.8 Å². The van der Waals surface area contributed by atoms with Crippen LogP contribution in [0.2, 0.25) is 0 Å². The molecule has 0 heterocycles. The van der Waals surface area contributed by atoms with Gasteiger partial charge in [-0.25, -0.2) is 0 Å². The monoisotopic (exact) mass is 249 g/mol. The van der Waals surface area contributed by atoms with Gasteiger partial charge in [0.05, 0.1) is 5.69 Å². The Labute approximate surface area is 109 Å². The lowest BCUT2D eigenvalue weighted by molar-refractivity contribution is 0.318. The number of nitrogens with two attached hydrogens (primary N) is 1. The van der Waals surface area contributed by atoms with Crippen molar-refractivity contribution in [3.8, 4) is 0 Å². The molecular formula is C14H23N3O. The van der Waals surface area contributed by atoms with Gasteiger partial charge in [0, 0.05) is 18.7 Å². The highest BCUT2D eigenvalue weighted by Gasteiger charge is 2.14. The second kappa shape index (κ2) is 6.89. The highest BCUT2D eigenvalue weighted by Crippen LogP contribution is 2.25. The minimum atomic E-state index is 0.170. The average Bonchev–Trinajstić information content (AvgIpc) is 2.40. The summed E-state index contributed by atoms with van der Waals surface area (Å²) in [5, 5.41) is 12.0. The van der Waals surface area contributed by atoms with Gasteiger partial charge in [-0.1, -0.05) is 30.6 Å². The molecule has 0 amide bonds. The van der Waals surface area contributed by atoms with Gasteiger partial charge >= 0.3 is 0 Å². The summed E-state index contributed by atoms with van der Waals surface area (Å²) in [5.74, 6) is 0.170. The molecule has 0 aromatic heterocycles. The smallest absolute Gasteiger partial charge is 0.172 e. The molecule has 1 aromatic rings. The molecule has 0 saturated heterocycles. The Kier molecular flexibility index (Phi) is 5.49. The first-order valence-electron chi connectivity index (χ1n) is 6.48. The number of nitrogens with zero attached hydrogens (tertiary/aromatic N) is 2. The van der Waals surface area contributed by atoms with E-state index in [-0.39, 0.29) is 5.84 Å². The van der Waals surface area contributed by atoms with E-state index in [2.05, 4.69) is 36.9 Å². The van der Waals surface area contributed by atoms with Crippen LogP contribution in [0.15, 0.2) is 23.4 Å². The average molecular weight is 249 g/mol. The minimum Gasteiger partial charge on any atom is -0.409 e. The molecule has 0 spiro atoms. The maximum atomic E-state index is 8.88. The van der Waals surface area contributed by atoms with Crippen molar-refractivity contribution >= 4 is 11.5 Å². The molecule has 0 atom stereocenters. The number of aryl methyl sites for hydroxylation is 1. The maximum Gasteiger partial charge on any atom is 0.172 e. The number of rotatable bonds is 6. The summed E-state index contributed by atoms with van der Waals surface area (Å²) in [6.07, 6.45) is 2.29. The molecule has 1 aromatic carbocycles. The maximum absolute atomic E-state index is 8.88. The predicted molar refractivity (Wildman–Crippen MR) is 76.5 cm³/mol. The van der Waals surface area contributed by atoms with Crippen LogP contribution < -0.4 is 10.6 Å². The number of benzene rings is 1. The first-order valence-corrected chi connectivity index (χ1v) is 6.48. The van der Waals surface area contributed by atoms with E-state index in [0.717, 1.165) is 42.7 Å². The van der Waals surface area contributed by atoms with Crippen LogP contribution in [0.1, 0.15) is 37.8 Å². The normalized spacial score (nSPS) is 11.6. The summed E-state index contributed by atoms with van der Waals surface area (Å²) in [5.41, 5.74) is 8.78. The molecule has 1 rings (SSSR count). The van der Waals surface area contributed by atoms with Gasteiger partial charge in [-0.2, -0.15) is 0 Å². The zero-order chi connectivity index (χ0) is 13.5. The molecular weight excluding hydrogens is 226 g/mol. The standard InChI is InChI=1S/C14H23N3O/c1-4-6-10-17(5-2)13-11(3)8-7-9-12(13)14(15)16-18/h7-9,18H,4-6,10H2,1-3H3,(H2,15,16). The molecule has 0 saturated carbocycles. The number of hydrogen-bond acceptors (Lipinski definition) is 3. The topological polar surface area (TPSA) is 61.8 Å². The summed E-state index contributed by atoms with van der Waals surface area (Å²) in [6.45, 7) is 8.26. The Hall–Kier alpha value is -1.71. The molecule has 0 aliphatic rings. The van der Waals surface area contributed by atoms with Crippen LogP contribution in [-0.2, 0) is 0 Å². The number of amidine groups is 1. The number of para-hydroxylation sites is 1. The third kappa shape index (κ3) is 3.15. The fourth-order valence-electron chi connectivity index (χ4n) is 2.12. The lowest BCUT2D eigenvalue weighted by Crippen LogP contribution is -2.28. The van der Waals surface area contributed by atoms with Gasteiger partial charge in [0.2, 0.25) is 0 Å². The van der Waals surface area contributed by atoms with Gasteiger partial charge in [-0.15, -0.1) is 0 Å². The van der Waals surface area contributed by atoms with Crippen LogP contribution in [0.3, 0.4) is 0 Å².